The number of carbonyl (C=O) groups excluding carboxylic acids is 1. The second-order valence-electron chi connectivity index (χ2n) is 10.2. The van der Waals surface area contributed by atoms with Crippen molar-refractivity contribution in [2.45, 2.75) is 113 Å². The van der Waals surface area contributed by atoms with Gasteiger partial charge in [0.1, 0.15) is 24.1 Å². The molecule has 0 bridgehead atoms. The van der Waals surface area contributed by atoms with Crippen molar-refractivity contribution in [1.82, 2.24) is 0 Å². The molecule has 2 saturated carbocycles. The molecule has 5 fully saturated rings. The van der Waals surface area contributed by atoms with Crippen LogP contribution < -0.4 is 10.1 Å². The summed E-state index contributed by atoms with van der Waals surface area (Å²) in [6.07, 6.45) is 7.14. The van der Waals surface area contributed by atoms with Crippen LogP contribution in [0.5, 0.6) is 5.75 Å². The lowest BCUT2D eigenvalue weighted by molar-refractivity contribution is -0.246. The fourth-order valence-corrected chi connectivity index (χ4v) is 6.18. The molecule has 3 saturated heterocycles. The first-order chi connectivity index (χ1) is 16.6. The first kappa shape index (κ1) is 22.7. The summed E-state index contributed by atoms with van der Waals surface area (Å²) in [7, 11) is 0. The highest BCUT2D eigenvalue weighted by Gasteiger charge is 2.65. The van der Waals surface area contributed by atoms with Crippen molar-refractivity contribution in [3.8, 4) is 5.75 Å². The smallest absolute Gasteiger partial charge is 0.256 e. The molecule has 2 aliphatic carbocycles. The fourth-order valence-electron chi connectivity index (χ4n) is 6.18. The van der Waals surface area contributed by atoms with E-state index in [0.29, 0.717) is 12.3 Å². The van der Waals surface area contributed by atoms with E-state index in [9.17, 15) is 4.79 Å². The Bertz CT molecular complexity index is 878. The molecule has 1 aromatic carbocycles. The summed E-state index contributed by atoms with van der Waals surface area (Å²) in [6, 6.07) is 7.33. The molecule has 8 nitrogen and oxygen atoms in total. The molecule has 6 rings (SSSR count). The highest BCUT2D eigenvalue weighted by molar-refractivity contribution is 5.94. The van der Waals surface area contributed by atoms with Gasteiger partial charge in [-0.05, 0) is 56.9 Å². The minimum atomic E-state index is -0.846. The van der Waals surface area contributed by atoms with Gasteiger partial charge in [-0.2, -0.15) is 0 Å². The standard InChI is InChI=1S/C26H35NO7/c1-2-29-18-11-9-17(10-12-18)27-23(28)21-19-20(32-25(31-19)13-5-3-6-14-25)22-24(30-21)34-26(33-22)15-7-4-8-16-26/h9-12,19-22,24H,2-8,13-16H2,1H3,(H,27,28)/t19-,20+,21-,22-,24-/m1/s1. The monoisotopic (exact) mass is 473 g/mol. The van der Waals surface area contributed by atoms with Crippen LogP contribution in [0.15, 0.2) is 24.3 Å². The fraction of sp³-hybridized carbons (Fsp3) is 0.731. The van der Waals surface area contributed by atoms with Crippen molar-refractivity contribution in [3.05, 3.63) is 24.3 Å². The lowest BCUT2D eigenvalue weighted by Gasteiger charge is -2.36. The minimum Gasteiger partial charge on any atom is -0.494 e. The van der Waals surface area contributed by atoms with Gasteiger partial charge < -0.3 is 33.7 Å². The van der Waals surface area contributed by atoms with Crippen LogP contribution in [0.3, 0.4) is 0 Å². The molecule has 0 aromatic heterocycles. The van der Waals surface area contributed by atoms with E-state index < -0.39 is 36.2 Å². The molecule has 2 spiro atoms. The molecular weight excluding hydrogens is 438 g/mol. The predicted octanol–water partition coefficient (Wildman–Crippen LogP) is 4.27. The number of anilines is 1. The van der Waals surface area contributed by atoms with E-state index in [1.54, 1.807) is 0 Å². The Morgan fingerprint density at radius 1 is 0.853 bits per heavy atom. The van der Waals surface area contributed by atoms with Gasteiger partial charge in [-0.15, -0.1) is 0 Å². The summed E-state index contributed by atoms with van der Waals surface area (Å²) in [5.41, 5.74) is 0.675. The van der Waals surface area contributed by atoms with E-state index in [0.717, 1.165) is 57.1 Å². The topological polar surface area (TPSA) is 84.5 Å². The highest BCUT2D eigenvalue weighted by atomic mass is 16.9. The largest absolute Gasteiger partial charge is 0.494 e. The maximum Gasteiger partial charge on any atom is 0.256 e. The van der Waals surface area contributed by atoms with Crippen LogP contribution in [0.2, 0.25) is 0 Å². The lowest BCUT2D eigenvalue weighted by atomic mass is 9.94. The van der Waals surface area contributed by atoms with Crippen LogP contribution in [0.25, 0.3) is 0 Å². The zero-order chi connectivity index (χ0) is 23.2. The molecule has 5 atom stereocenters. The van der Waals surface area contributed by atoms with Crippen LogP contribution >= 0.6 is 0 Å². The van der Waals surface area contributed by atoms with Gasteiger partial charge in [0.05, 0.1) is 6.61 Å². The molecule has 1 aromatic rings. The summed E-state index contributed by atoms with van der Waals surface area (Å²) in [6.45, 7) is 2.53. The molecular formula is C26H35NO7. The lowest BCUT2D eigenvalue weighted by Crippen LogP contribution is -2.58. The Kier molecular flexibility index (Phi) is 6.06. The molecule has 3 aliphatic heterocycles. The van der Waals surface area contributed by atoms with E-state index in [2.05, 4.69) is 5.32 Å². The summed E-state index contributed by atoms with van der Waals surface area (Å²) < 4.78 is 37.8. The molecule has 3 heterocycles. The van der Waals surface area contributed by atoms with Crippen molar-refractivity contribution in [3.63, 3.8) is 0 Å². The second kappa shape index (κ2) is 9.06. The highest BCUT2D eigenvalue weighted by Crippen LogP contribution is 2.51. The van der Waals surface area contributed by atoms with Gasteiger partial charge in [0.25, 0.3) is 5.91 Å². The van der Waals surface area contributed by atoms with Crippen LogP contribution in [0, 0.1) is 0 Å². The number of carbonyl (C=O) groups is 1. The Balaban J connectivity index is 1.23. The number of fused-ring (bicyclic) bond motifs is 3. The summed E-state index contributed by atoms with van der Waals surface area (Å²) in [4.78, 5) is 13.4. The van der Waals surface area contributed by atoms with E-state index in [1.165, 1.54) is 12.8 Å². The number of rotatable bonds is 4. The molecule has 0 unspecified atom stereocenters. The molecule has 1 N–H and O–H groups in total. The third-order valence-electron chi connectivity index (χ3n) is 7.80. The van der Waals surface area contributed by atoms with Gasteiger partial charge in [-0.1, -0.05) is 12.8 Å². The number of hydrogen-bond acceptors (Lipinski definition) is 7. The average molecular weight is 474 g/mol. The number of benzene rings is 1. The Labute approximate surface area is 200 Å². The SMILES string of the molecule is CCOc1ccc(NC(=O)[C@@H]2O[C@@H]3OC4(CCCCC4)O[C@@H]3[C@H]3OC4(CCCCC4)O[C@H]32)cc1. The van der Waals surface area contributed by atoms with Gasteiger partial charge in [0.15, 0.2) is 24.0 Å². The Morgan fingerprint density at radius 3 is 2.09 bits per heavy atom. The second-order valence-corrected chi connectivity index (χ2v) is 10.2. The van der Waals surface area contributed by atoms with E-state index in [4.69, 9.17) is 28.4 Å². The van der Waals surface area contributed by atoms with Crippen LogP contribution in [0.4, 0.5) is 5.69 Å². The number of ether oxygens (including phenoxy) is 6. The van der Waals surface area contributed by atoms with E-state index in [1.807, 2.05) is 31.2 Å². The Hall–Kier alpha value is -1.71. The summed E-state index contributed by atoms with van der Waals surface area (Å²) in [5.74, 6) is -0.792. The molecule has 0 radical (unpaired) electrons. The van der Waals surface area contributed by atoms with Crippen molar-refractivity contribution in [2.75, 3.05) is 11.9 Å². The van der Waals surface area contributed by atoms with Gasteiger partial charge >= 0.3 is 0 Å². The quantitative estimate of drug-likeness (QED) is 0.699. The summed E-state index contributed by atoms with van der Waals surface area (Å²) >= 11 is 0. The van der Waals surface area contributed by atoms with Crippen LogP contribution in [-0.4, -0.2) is 54.8 Å². The normalized spacial score (nSPS) is 35.6. The average Bonchev–Trinajstić information content (AvgIpc) is 3.38. The molecule has 8 heteroatoms. The van der Waals surface area contributed by atoms with Crippen LogP contribution in [0.1, 0.15) is 71.1 Å². The summed E-state index contributed by atoms with van der Waals surface area (Å²) in [5, 5.41) is 2.98. The molecule has 186 valence electrons. The first-order valence-electron chi connectivity index (χ1n) is 13.0. The minimum absolute atomic E-state index is 0.262. The van der Waals surface area contributed by atoms with Crippen molar-refractivity contribution >= 4 is 11.6 Å². The third-order valence-corrected chi connectivity index (χ3v) is 7.80. The van der Waals surface area contributed by atoms with Gasteiger partial charge in [-0.25, -0.2) is 0 Å². The predicted molar refractivity (Wildman–Crippen MR) is 122 cm³/mol. The third kappa shape index (κ3) is 4.13. The molecule has 34 heavy (non-hydrogen) atoms. The zero-order valence-electron chi connectivity index (χ0n) is 19.8. The maximum absolute atomic E-state index is 13.4. The molecule has 1 amide bonds. The Morgan fingerprint density at radius 2 is 1.44 bits per heavy atom. The van der Waals surface area contributed by atoms with Gasteiger partial charge in [0.2, 0.25) is 0 Å². The van der Waals surface area contributed by atoms with Crippen molar-refractivity contribution in [1.29, 1.82) is 0 Å². The number of amides is 1. The number of nitrogens with one attached hydrogen (secondary N) is 1. The van der Waals surface area contributed by atoms with Gasteiger partial charge in [-0.3, -0.25) is 4.79 Å². The van der Waals surface area contributed by atoms with Crippen LogP contribution in [-0.2, 0) is 28.5 Å². The zero-order valence-corrected chi connectivity index (χ0v) is 19.8. The first-order valence-corrected chi connectivity index (χ1v) is 13.0. The number of hydrogen-bond donors (Lipinski definition) is 1. The van der Waals surface area contributed by atoms with Crippen molar-refractivity contribution in [2.24, 2.45) is 0 Å². The molecule has 5 aliphatic rings. The van der Waals surface area contributed by atoms with Crippen molar-refractivity contribution < 1.29 is 33.2 Å². The van der Waals surface area contributed by atoms with E-state index in [-0.39, 0.29) is 12.0 Å². The van der Waals surface area contributed by atoms with E-state index >= 15 is 0 Å². The maximum atomic E-state index is 13.4. The van der Waals surface area contributed by atoms with Gasteiger partial charge in [0, 0.05) is 31.4 Å².